The summed E-state index contributed by atoms with van der Waals surface area (Å²) in [5.41, 5.74) is 6.30. The molecule has 0 aliphatic carbocycles. The lowest BCUT2D eigenvalue weighted by atomic mass is 10.3. The van der Waals surface area contributed by atoms with Crippen LogP contribution in [0.5, 0.6) is 5.75 Å². The number of nitrogens with two attached hydrogens (primary N) is 1. The number of nitrogens with zero attached hydrogens (tertiary/aromatic N) is 2. The van der Waals surface area contributed by atoms with Crippen LogP contribution in [-0.2, 0) is 0 Å². The van der Waals surface area contributed by atoms with E-state index < -0.39 is 0 Å². The van der Waals surface area contributed by atoms with Gasteiger partial charge < -0.3 is 10.5 Å². The Morgan fingerprint density at radius 1 is 1.62 bits per heavy atom. The summed E-state index contributed by atoms with van der Waals surface area (Å²) >= 11 is 5.91. The molecule has 0 spiro atoms. The van der Waals surface area contributed by atoms with Gasteiger partial charge in [-0.1, -0.05) is 11.6 Å². The van der Waals surface area contributed by atoms with E-state index in [1.165, 1.54) is 0 Å². The van der Waals surface area contributed by atoms with Gasteiger partial charge in [0.2, 0.25) is 0 Å². The Labute approximate surface area is 79.9 Å². The van der Waals surface area contributed by atoms with E-state index in [0.717, 1.165) is 5.52 Å². The maximum absolute atomic E-state index is 5.91. The number of rotatable bonds is 1. The molecule has 68 valence electrons. The van der Waals surface area contributed by atoms with E-state index in [0.29, 0.717) is 16.6 Å². The van der Waals surface area contributed by atoms with E-state index in [4.69, 9.17) is 22.1 Å². The van der Waals surface area contributed by atoms with E-state index >= 15 is 0 Å². The molecule has 2 rings (SSSR count). The molecule has 0 saturated carbocycles. The highest BCUT2D eigenvalue weighted by atomic mass is 35.5. The van der Waals surface area contributed by atoms with Crippen molar-refractivity contribution in [1.82, 2.24) is 9.61 Å². The first-order chi connectivity index (χ1) is 6.22. The van der Waals surface area contributed by atoms with Gasteiger partial charge in [-0.3, -0.25) is 0 Å². The number of hydrogen-bond acceptors (Lipinski definition) is 3. The van der Waals surface area contributed by atoms with Crippen LogP contribution < -0.4 is 10.5 Å². The monoisotopic (exact) mass is 197 g/mol. The molecule has 13 heavy (non-hydrogen) atoms. The summed E-state index contributed by atoms with van der Waals surface area (Å²) in [4.78, 5) is 0. The van der Waals surface area contributed by atoms with Crippen molar-refractivity contribution in [1.29, 1.82) is 0 Å². The lowest BCUT2D eigenvalue weighted by Crippen LogP contribution is -1.92. The van der Waals surface area contributed by atoms with Gasteiger partial charge in [0.1, 0.15) is 11.3 Å². The lowest BCUT2D eigenvalue weighted by Gasteiger charge is -2.03. The van der Waals surface area contributed by atoms with Crippen molar-refractivity contribution < 1.29 is 4.74 Å². The van der Waals surface area contributed by atoms with E-state index in [2.05, 4.69) is 5.10 Å². The van der Waals surface area contributed by atoms with Gasteiger partial charge in [-0.05, 0) is 6.07 Å². The summed E-state index contributed by atoms with van der Waals surface area (Å²) in [5.74, 6) is 1.04. The quantitative estimate of drug-likeness (QED) is 0.755. The van der Waals surface area contributed by atoms with E-state index in [1.807, 2.05) is 0 Å². The maximum atomic E-state index is 5.91. The van der Waals surface area contributed by atoms with E-state index in [-0.39, 0.29) is 0 Å². The van der Waals surface area contributed by atoms with Crippen LogP contribution in [0.3, 0.4) is 0 Å². The number of aromatic nitrogens is 2. The molecule has 0 radical (unpaired) electrons. The highest BCUT2D eigenvalue weighted by molar-refractivity contribution is 6.32. The van der Waals surface area contributed by atoms with Gasteiger partial charge >= 0.3 is 0 Å². The molecule has 4 nitrogen and oxygen atoms in total. The van der Waals surface area contributed by atoms with Gasteiger partial charge in [0.05, 0.1) is 12.1 Å². The number of nitrogen functional groups attached to an aromatic ring is 1. The molecule has 0 amide bonds. The minimum atomic E-state index is 0.445. The molecule has 2 aromatic heterocycles. The Morgan fingerprint density at radius 3 is 3.08 bits per heavy atom. The van der Waals surface area contributed by atoms with E-state index in [1.54, 1.807) is 30.0 Å². The van der Waals surface area contributed by atoms with Crippen LogP contribution in [0.25, 0.3) is 5.52 Å². The van der Waals surface area contributed by atoms with Gasteiger partial charge in [0, 0.05) is 12.3 Å². The van der Waals surface area contributed by atoms with Crippen molar-refractivity contribution in [2.75, 3.05) is 12.8 Å². The predicted molar refractivity (Wildman–Crippen MR) is 51.2 cm³/mol. The third-order valence-electron chi connectivity index (χ3n) is 1.77. The van der Waals surface area contributed by atoms with Crippen LogP contribution in [0.1, 0.15) is 0 Å². The minimum Gasteiger partial charge on any atom is -0.493 e. The van der Waals surface area contributed by atoms with Crippen LogP contribution in [0.4, 0.5) is 5.82 Å². The standard InChI is InChI=1S/C8H8ClN3O/c1-13-8-5(9)2-3-12-6(8)4-7(10)11-12/h2-4H,1H3,(H2,10,11). The Hall–Kier alpha value is -1.42. The SMILES string of the molecule is COc1c(Cl)ccn2nc(N)cc12. The Balaban J connectivity index is 2.82. The van der Waals surface area contributed by atoms with Gasteiger partial charge in [-0.25, -0.2) is 4.52 Å². The number of pyridine rings is 1. The fourth-order valence-electron chi connectivity index (χ4n) is 1.23. The van der Waals surface area contributed by atoms with Crippen molar-refractivity contribution >= 4 is 22.9 Å². The fraction of sp³-hybridized carbons (Fsp3) is 0.125. The molecule has 0 aliphatic heterocycles. The first-order valence-electron chi connectivity index (χ1n) is 3.69. The molecule has 5 heteroatoms. The third kappa shape index (κ3) is 1.19. The van der Waals surface area contributed by atoms with Gasteiger partial charge in [0.15, 0.2) is 5.75 Å². The van der Waals surface area contributed by atoms with Crippen molar-refractivity contribution in [3.05, 3.63) is 23.4 Å². The van der Waals surface area contributed by atoms with Gasteiger partial charge in [-0.15, -0.1) is 0 Å². The molecule has 0 unspecified atom stereocenters. The maximum Gasteiger partial charge on any atom is 0.163 e. The normalized spacial score (nSPS) is 10.6. The number of fused-ring (bicyclic) bond motifs is 1. The minimum absolute atomic E-state index is 0.445. The Morgan fingerprint density at radius 2 is 2.38 bits per heavy atom. The Bertz CT molecular complexity index is 452. The highest BCUT2D eigenvalue weighted by Crippen LogP contribution is 2.29. The molecule has 0 saturated heterocycles. The summed E-state index contributed by atoms with van der Waals surface area (Å²) in [7, 11) is 1.56. The smallest absolute Gasteiger partial charge is 0.163 e. The van der Waals surface area contributed by atoms with Crippen molar-refractivity contribution in [3.63, 3.8) is 0 Å². The summed E-state index contributed by atoms with van der Waals surface area (Å²) in [6, 6.07) is 3.42. The number of methoxy groups -OCH3 is 1. The largest absolute Gasteiger partial charge is 0.493 e. The number of ether oxygens (including phenoxy) is 1. The zero-order valence-corrected chi connectivity index (χ0v) is 7.75. The van der Waals surface area contributed by atoms with Gasteiger partial charge in [-0.2, -0.15) is 5.10 Å². The molecule has 0 aromatic carbocycles. The summed E-state index contributed by atoms with van der Waals surface area (Å²) < 4.78 is 6.75. The first-order valence-corrected chi connectivity index (χ1v) is 4.07. The first kappa shape index (κ1) is 8.19. The zero-order chi connectivity index (χ0) is 9.42. The Kier molecular flexibility index (Phi) is 1.77. The number of halogens is 1. The molecule has 2 heterocycles. The lowest BCUT2D eigenvalue weighted by molar-refractivity contribution is 0.417. The second-order valence-corrected chi connectivity index (χ2v) is 3.00. The third-order valence-corrected chi connectivity index (χ3v) is 2.07. The summed E-state index contributed by atoms with van der Waals surface area (Å²) in [6.07, 6.45) is 1.73. The van der Waals surface area contributed by atoms with Crippen LogP contribution >= 0.6 is 11.6 Å². The number of hydrogen-bond donors (Lipinski definition) is 1. The summed E-state index contributed by atoms with van der Waals surface area (Å²) in [6.45, 7) is 0. The molecule has 2 N–H and O–H groups in total. The second-order valence-electron chi connectivity index (χ2n) is 2.60. The average Bonchev–Trinajstić information content (AvgIpc) is 2.45. The molecule has 0 aliphatic rings. The zero-order valence-electron chi connectivity index (χ0n) is 6.99. The second kappa shape index (κ2) is 2.81. The highest BCUT2D eigenvalue weighted by Gasteiger charge is 2.08. The van der Waals surface area contributed by atoms with Crippen LogP contribution in [0.15, 0.2) is 18.3 Å². The molecule has 0 atom stereocenters. The molecule has 2 aromatic rings. The molecule has 0 bridgehead atoms. The van der Waals surface area contributed by atoms with Crippen molar-refractivity contribution in [2.24, 2.45) is 0 Å². The van der Waals surface area contributed by atoms with Crippen molar-refractivity contribution in [2.45, 2.75) is 0 Å². The van der Waals surface area contributed by atoms with Gasteiger partial charge in [0.25, 0.3) is 0 Å². The number of anilines is 1. The fourth-order valence-corrected chi connectivity index (χ4v) is 1.46. The molecular formula is C8H8ClN3O. The van der Waals surface area contributed by atoms with Crippen LogP contribution in [0, 0.1) is 0 Å². The van der Waals surface area contributed by atoms with Crippen LogP contribution in [0.2, 0.25) is 5.02 Å². The van der Waals surface area contributed by atoms with E-state index in [9.17, 15) is 0 Å². The van der Waals surface area contributed by atoms with Crippen LogP contribution in [-0.4, -0.2) is 16.7 Å². The topological polar surface area (TPSA) is 52.5 Å². The molecule has 0 fully saturated rings. The molecular weight excluding hydrogens is 190 g/mol. The predicted octanol–water partition coefficient (Wildman–Crippen LogP) is 1.58. The average molecular weight is 198 g/mol. The van der Waals surface area contributed by atoms with Crippen molar-refractivity contribution in [3.8, 4) is 5.75 Å². The summed E-state index contributed by atoms with van der Waals surface area (Å²) in [5, 5.41) is 4.57.